The van der Waals surface area contributed by atoms with E-state index in [4.69, 9.17) is 16.1 Å². The fourth-order valence-corrected chi connectivity index (χ4v) is 3.44. The number of nitrogens with zero attached hydrogens (tertiary/aromatic N) is 3. The Morgan fingerprint density at radius 1 is 1.26 bits per heavy atom. The van der Waals surface area contributed by atoms with E-state index in [1.54, 1.807) is 0 Å². The van der Waals surface area contributed by atoms with Crippen molar-refractivity contribution in [1.29, 1.82) is 0 Å². The van der Waals surface area contributed by atoms with Gasteiger partial charge >= 0.3 is 0 Å². The molecule has 1 aliphatic rings. The predicted octanol–water partition coefficient (Wildman–Crippen LogP) is 3.91. The van der Waals surface area contributed by atoms with Crippen molar-refractivity contribution in [2.45, 2.75) is 45.6 Å². The Bertz CT molecular complexity index is 724. The molecular formula is C20H27ClN4O2. The molecule has 7 heteroatoms. The van der Waals surface area contributed by atoms with Gasteiger partial charge in [0.25, 0.3) is 0 Å². The standard InChI is InChI=1S/C20H27ClN4O2/c1-2-3-4-11-22-20(26)16-9-12-25(13-10-16)14-18-23-19(24-27-18)15-5-7-17(21)8-6-15/h5-8,16H,2-4,9-14H2,1H3,(H,22,26). The Morgan fingerprint density at radius 3 is 2.70 bits per heavy atom. The SMILES string of the molecule is CCCCCNC(=O)C1CCN(Cc2nc(-c3ccc(Cl)cc3)no2)CC1. The second kappa shape index (κ2) is 9.85. The second-order valence-electron chi connectivity index (χ2n) is 7.07. The summed E-state index contributed by atoms with van der Waals surface area (Å²) in [4.78, 5) is 19.0. The average Bonchev–Trinajstić information content (AvgIpc) is 3.15. The smallest absolute Gasteiger partial charge is 0.241 e. The fraction of sp³-hybridized carbons (Fsp3) is 0.550. The summed E-state index contributed by atoms with van der Waals surface area (Å²) in [6.45, 7) is 5.31. The summed E-state index contributed by atoms with van der Waals surface area (Å²) in [5, 5.41) is 7.80. The first-order valence-corrected chi connectivity index (χ1v) is 10.1. The van der Waals surface area contributed by atoms with Gasteiger partial charge in [0, 0.05) is 23.0 Å². The van der Waals surface area contributed by atoms with Crippen molar-refractivity contribution in [2.24, 2.45) is 5.92 Å². The molecule has 0 spiro atoms. The molecule has 1 fully saturated rings. The van der Waals surface area contributed by atoms with Crippen molar-refractivity contribution in [3.05, 3.63) is 35.2 Å². The Balaban J connectivity index is 1.44. The zero-order valence-electron chi connectivity index (χ0n) is 15.8. The van der Waals surface area contributed by atoms with E-state index in [1.165, 1.54) is 12.8 Å². The maximum absolute atomic E-state index is 12.2. The Kier molecular flexibility index (Phi) is 7.24. The van der Waals surface area contributed by atoms with E-state index >= 15 is 0 Å². The lowest BCUT2D eigenvalue weighted by Crippen LogP contribution is -2.40. The van der Waals surface area contributed by atoms with Gasteiger partial charge in [-0.15, -0.1) is 0 Å². The van der Waals surface area contributed by atoms with E-state index in [0.717, 1.165) is 44.5 Å². The van der Waals surface area contributed by atoms with Crippen LogP contribution in [0, 0.1) is 5.92 Å². The largest absolute Gasteiger partial charge is 0.356 e. The van der Waals surface area contributed by atoms with Crippen LogP contribution in [0.5, 0.6) is 0 Å². The van der Waals surface area contributed by atoms with Crippen LogP contribution < -0.4 is 5.32 Å². The van der Waals surface area contributed by atoms with Crippen LogP contribution in [0.4, 0.5) is 0 Å². The van der Waals surface area contributed by atoms with Crippen molar-refractivity contribution < 1.29 is 9.32 Å². The summed E-state index contributed by atoms with van der Waals surface area (Å²) in [5.41, 5.74) is 0.882. The molecule has 1 aromatic carbocycles. The van der Waals surface area contributed by atoms with Gasteiger partial charge in [-0.3, -0.25) is 9.69 Å². The Hall–Kier alpha value is -1.92. The zero-order valence-corrected chi connectivity index (χ0v) is 16.5. The summed E-state index contributed by atoms with van der Waals surface area (Å²) in [7, 11) is 0. The molecule has 1 saturated heterocycles. The fourth-order valence-electron chi connectivity index (χ4n) is 3.31. The third-order valence-corrected chi connectivity index (χ3v) is 5.22. The highest BCUT2D eigenvalue weighted by atomic mass is 35.5. The summed E-state index contributed by atoms with van der Waals surface area (Å²) >= 11 is 5.91. The van der Waals surface area contributed by atoms with E-state index in [0.29, 0.717) is 23.3 Å². The van der Waals surface area contributed by atoms with E-state index in [-0.39, 0.29) is 11.8 Å². The van der Waals surface area contributed by atoms with Crippen LogP contribution in [-0.2, 0) is 11.3 Å². The number of piperidine rings is 1. The first kappa shape index (κ1) is 19.8. The van der Waals surface area contributed by atoms with Crippen LogP contribution in [-0.4, -0.2) is 40.6 Å². The van der Waals surface area contributed by atoms with Gasteiger partial charge in [-0.2, -0.15) is 4.98 Å². The Morgan fingerprint density at radius 2 is 2.00 bits per heavy atom. The maximum atomic E-state index is 12.2. The van der Waals surface area contributed by atoms with E-state index in [9.17, 15) is 4.79 Å². The summed E-state index contributed by atoms with van der Waals surface area (Å²) < 4.78 is 5.39. The Labute approximate surface area is 165 Å². The molecule has 1 aliphatic heterocycles. The molecule has 2 heterocycles. The molecule has 27 heavy (non-hydrogen) atoms. The number of aromatic nitrogens is 2. The number of nitrogens with one attached hydrogen (secondary N) is 1. The monoisotopic (exact) mass is 390 g/mol. The molecule has 0 saturated carbocycles. The molecule has 146 valence electrons. The number of amides is 1. The summed E-state index contributed by atoms with van der Waals surface area (Å²) in [6, 6.07) is 7.37. The molecule has 1 amide bonds. The number of hydrogen-bond donors (Lipinski definition) is 1. The molecule has 3 rings (SSSR count). The summed E-state index contributed by atoms with van der Waals surface area (Å²) in [5.74, 6) is 1.49. The predicted molar refractivity (Wildman–Crippen MR) is 105 cm³/mol. The van der Waals surface area contributed by atoms with E-state index in [2.05, 4.69) is 27.3 Å². The molecule has 1 N–H and O–H groups in total. The number of likely N-dealkylation sites (tertiary alicyclic amines) is 1. The lowest BCUT2D eigenvalue weighted by Gasteiger charge is -2.30. The van der Waals surface area contributed by atoms with Crippen LogP contribution in [0.15, 0.2) is 28.8 Å². The third kappa shape index (κ3) is 5.78. The minimum Gasteiger partial charge on any atom is -0.356 e. The molecule has 0 unspecified atom stereocenters. The highest BCUT2D eigenvalue weighted by molar-refractivity contribution is 6.30. The van der Waals surface area contributed by atoms with Crippen LogP contribution in [0.25, 0.3) is 11.4 Å². The molecule has 2 aromatic rings. The van der Waals surface area contributed by atoms with Crippen molar-refractivity contribution in [3.8, 4) is 11.4 Å². The minimum atomic E-state index is 0.121. The lowest BCUT2D eigenvalue weighted by atomic mass is 9.96. The molecule has 0 radical (unpaired) electrons. The average molecular weight is 391 g/mol. The van der Waals surface area contributed by atoms with Crippen molar-refractivity contribution >= 4 is 17.5 Å². The highest BCUT2D eigenvalue weighted by Crippen LogP contribution is 2.21. The maximum Gasteiger partial charge on any atom is 0.241 e. The molecule has 6 nitrogen and oxygen atoms in total. The number of benzene rings is 1. The highest BCUT2D eigenvalue weighted by Gasteiger charge is 2.25. The van der Waals surface area contributed by atoms with Gasteiger partial charge in [-0.1, -0.05) is 36.5 Å². The van der Waals surface area contributed by atoms with Crippen molar-refractivity contribution in [2.75, 3.05) is 19.6 Å². The van der Waals surface area contributed by atoms with Crippen LogP contribution in [0.1, 0.15) is 44.9 Å². The van der Waals surface area contributed by atoms with Crippen LogP contribution >= 0.6 is 11.6 Å². The van der Waals surface area contributed by atoms with Crippen LogP contribution in [0.2, 0.25) is 5.02 Å². The number of carbonyl (C=O) groups is 1. The quantitative estimate of drug-likeness (QED) is 0.692. The van der Waals surface area contributed by atoms with Gasteiger partial charge in [-0.25, -0.2) is 0 Å². The van der Waals surface area contributed by atoms with Crippen molar-refractivity contribution in [3.63, 3.8) is 0 Å². The number of hydrogen-bond acceptors (Lipinski definition) is 5. The van der Waals surface area contributed by atoms with Gasteiger partial charge in [0.05, 0.1) is 6.54 Å². The molecule has 0 bridgehead atoms. The lowest BCUT2D eigenvalue weighted by molar-refractivity contribution is -0.126. The van der Waals surface area contributed by atoms with Gasteiger partial charge in [0.1, 0.15) is 0 Å². The third-order valence-electron chi connectivity index (χ3n) is 4.97. The second-order valence-corrected chi connectivity index (χ2v) is 7.50. The van der Waals surface area contributed by atoms with E-state index in [1.807, 2.05) is 24.3 Å². The van der Waals surface area contributed by atoms with E-state index < -0.39 is 0 Å². The van der Waals surface area contributed by atoms with Crippen molar-refractivity contribution in [1.82, 2.24) is 20.4 Å². The first-order valence-electron chi connectivity index (χ1n) is 9.74. The molecule has 0 atom stereocenters. The molecule has 1 aromatic heterocycles. The van der Waals surface area contributed by atoms with Gasteiger partial charge in [0.15, 0.2) is 0 Å². The van der Waals surface area contributed by atoms with Crippen LogP contribution in [0.3, 0.4) is 0 Å². The molecular weight excluding hydrogens is 364 g/mol. The number of rotatable bonds is 8. The number of halogens is 1. The zero-order chi connectivity index (χ0) is 19.1. The normalized spacial score (nSPS) is 15.8. The molecule has 0 aliphatic carbocycles. The summed E-state index contributed by atoms with van der Waals surface area (Å²) in [6.07, 6.45) is 5.15. The van der Waals surface area contributed by atoms with Gasteiger partial charge in [0.2, 0.25) is 17.6 Å². The van der Waals surface area contributed by atoms with Gasteiger partial charge < -0.3 is 9.84 Å². The topological polar surface area (TPSA) is 71.3 Å². The van der Waals surface area contributed by atoms with Gasteiger partial charge in [-0.05, 0) is 56.6 Å². The first-order chi connectivity index (χ1) is 13.2. The number of unbranched alkanes of at least 4 members (excludes halogenated alkanes) is 2. The number of carbonyl (C=O) groups excluding carboxylic acids is 1. The minimum absolute atomic E-state index is 0.121.